The highest BCUT2D eigenvalue weighted by Gasteiger charge is 2.49. The van der Waals surface area contributed by atoms with Crippen molar-refractivity contribution in [2.45, 2.75) is 56.8 Å². The fourth-order valence-corrected chi connectivity index (χ4v) is 2.77. The summed E-state index contributed by atoms with van der Waals surface area (Å²) in [7, 11) is 0. The van der Waals surface area contributed by atoms with E-state index in [-0.39, 0.29) is 11.3 Å². The predicted octanol–water partition coefficient (Wildman–Crippen LogP) is 2.76. The molecule has 1 spiro atoms. The van der Waals surface area contributed by atoms with Crippen LogP contribution in [-0.4, -0.2) is 24.5 Å². The van der Waals surface area contributed by atoms with Gasteiger partial charge in [0.25, 0.3) is 0 Å². The summed E-state index contributed by atoms with van der Waals surface area (Å²) in [6.07, 6.45) is 5.78. The fraction of sp³-hybridized carbons (Fsp3) is 0.917. The molecule has 84 valence electrons. The lowest BCUT2D eigenvalue weighted by Crippen LogP contribution is -2.41. The maximum Gasteiger partial charge on any atom is 0.233 e. The van der Waals surface area contributed by atoms with Crippen LogP contribution in [0.5, 0.6) is 0 Å². The average molecular weight is 209 g/mol. The Kier molecular flexibility index (Phi) is 2.99. The molecule has 0 aromatic rings. The van der Waals surface area contributed by atoms with Crippen molar-refractivity contribution in [1.82, 2.24) is 0 Å². The SMILES string of the molecule is [C-]#[N+]C1(CCC)CCC2(CC1)OCCO2. The summed E-state index contributed by atoms with van der Waals surface area (Å²) in [5, 5.41) is 0. The van der Waals surface area contributed by atoms with E-state index >= 15 is 0 Å². The smallest absolute Gasteiger partial charge is 0.233 e. The van der Waals surface area contributed by atoms with Crippen LogP contribution in [0, 0.1) is 6.57 Å². The quantitative estimate of drug-likeness (QED) is 0.653. The minimum atomic E-state index is -0.318. The first kappa shape index (κ1) is 10.9. The lowest BCUT2D eigenvalue weighted by molar-refractivity contribution is -0.182. The number of hydrogen-bond donors (Lipinski definition) is 0. The monoisotopic (exact) mass is 209 g/mol. The van der Waals surface area contributed by atoms with E-state index in [1.165, 1.54) is 0 Å². The summed E-state index contributed by atoms with van der Waals surface area (Å²) in [5.74, 6) is -0.318. The Morgan fingerprint density at radius 1 is 1.13 bits per heavy atom. The molecule has 0 atom stereocenters. The van der Waals surface area contributed by atoms with Gasteiger partial charge in [0.1, 0.15) is 0 Å². The second kappa shape index (κ2) is 4.11. The molecule has 3 heteroatoms. The molecule has 2 aliphatic rings. The fourth-order valence-electron chi connectivity index (χ4n) is 2.77. The van der Waals surface area contributed by atoms with Crippen LogP contribution in [0.4, 0.5) is 0 Å². The average Bonchev–Trinajstić information content (AvgIpc) is 2.72. The second-order valence-corrected chi connectivity index (χ2v) is 4.69. The molecule has 1 saturated heterocycles. The van der Waals surface area contributed by atoms with Crippen molar-refractivity contribution in [1.29, 1.82) is 0 Å². The van der Waals surface area contributed by atoms with Gasteiger partial charge in [0.2, 0.25) is 5.54 Å². The Hall–Kier alpha value is -0.590. The van der Waals surface area contributed by atoms with E-state index < -0.39 is 0 Å². The van der Waals surface area contributed by atoms with Crippen molar-refractivity contribution in [3.63, 3.8) is 0 Å². The maximum absolute atomic E-state index is 7.35. The van der Waals surface area contributed by atoms with Crippen LogP contribution in [-0.2, 0) is 9.47 Å². The molecular weight excluding hydrogens is 190 g/mol. The normalized spacial score (nSPS) is 27.7. The van der Waals surface area contributed by atoms with Gasteiger partial charge in [0, 0.05) is 32.1 Å². The standard InChI is InChI=1S/C12H19NO2/c1-3-4-11(13-2)5-7-12(8-6-11)14-9-10-15-12/h3-10H2,1H3. The van der Waals surface area contributed by atoms with Gasteiger partial charge in [-0.3, -0.25) is 0 Å². The zero-order valence-corrected chi connectivity index (χ0v) is 9.42. The Morgan fingerprint density at radius 2 is 1.73 bits per heavy atom. The van der Waals surface area contributed by atoms with E-state index in [0.29, 0.717) is 0 Å². The van der Waals surface area contributed by atoms with Crippen LogP contribution < -0.4 is 0 Å². The largest absolute Gasteiger partial charge is 0.348 e. The van der Waals surface area contributed by atoms with Crippen LogP contribution in [0.1, 0.15) is 45.4 Å². The Labute approximate surface area is 91.6 Å². The van der Waals surface area contributed by atoms with Crippen LogP contribution in [0.15, 0.2) is 0 Å². The van der Waals surface area contributed by atoms with Gasteiger partial charge in [-0.1, -0.05) is 6.92 Å². The first-order valence-corrected chi connectivity index (χ1v) is 5.91. The topological polar surface area (TPSA) is 22.8 Å². The summed E-state index contributed by atoms with van der Waals surface area (Å²) in [4.78, 5) is 3.86. The van der Waals surface area contributed by atoms with Crippen LogP contribution >= 0.6 is 0 Å². The molecule has 1 heterocycles. The zero-order valence-electron chi connectivity index (χ0n) is 9.42. The van der Waals surface area contributed by atoms with Gasteiger partial charge in [-0.25, -0.2) is 6.57 Å². The molecule has 0 radical (unpaired) electrons. The van der Waals surface area contributed by atoms with Crippen molar-refractivity contribution in [2.24, 2.45) is 0 Å². The van der Waals surface area contributed by atoms with Crippen molar-refractivity contribution >= 4 is 0 Å². The number of rotatable bonds is 2. The number of hydrogen-bond acceptors (Lipinski definition) is 2. The first-order chi connectivity index (χ1) is 7.24. The molecule has 0 N–H and O–H groups in total. The molecule has 3 nitrogen and oxygen atoms in total. The summed E-state index contributed by atoms with van der Waals surface area (Å²) in [6.45, 7) is 10.9. The molecule has 0 bridgehead atoms. The van der Waals surface area contributed by atoms with Gasteiger partial charge in [0.05, 0.1) is 13.2 Å². The second-order valence-electron chi connectivity index (χ2n) is 4.69. The first-order valence-electron chi connectivity index (χ1n) is 5.91. The van der Waals surface area contributed by atoms with Crippen molar-refractivity contribution in [2.75, 3.05) is 13.2 Å². The third-order valence-electron chi connectivity index (χ3n) is 3.71. The Bertz CT molecular complexity index is 253. The molecule has 0 unspecified atom stereocenters. The van der Waals surface area contributed by atoms with Gasteiger partial charge in [-0.05, 0) is 6.42 Å². The number of ether oxygens (including phenoxy) is 2. The lowest BCUT2D eigenvalue weighted by atomic mass is 9.76. The van der Waals surface area contributed by atoms with E-state index in [1.807, 2.05) is 0 Å². The lowest BCUT2D eigenvalue weighted by Gasteiger charge is -2.36. The van der Waals surface area contributed by atoms with Gasteiger partial charge in [-0.15, -0.1) is 0 Å². The van der Waals surface area contributed by atoms with E-state index in [1.54, 1.807) is 0 Å². The summed E-state index contributed by atoms with van der Waals surface area (Å²) in [5.41, 5.74) is -0.116. The van der Waals surface area contributed by atoms with Crippen LogP contribution in [0.2, 0.25) is 0 Å². The highest BCUT2D eigenvalue weighted by Crippen LogP contribution is 2.43. The van der Waals surface area contributed by atoms with E-state index in [4.69, 9.17) is 16.0 Å². The van der Waals surface area contributed by atoms with E-state index in [0.717, 1.165) is 51.7 Å². The summed E-state index contributed by atoms with van der Waals surface area (Å²) >= 11 is 0. The predicted molar refractivity (Wildman–Crippen MR) is 57.3 cm³/mol. The highest BCUT2D eigenvalue weighted by atomic mass is 16.7. The van der Waals surface area contributed by atoms with Crippen molar-refractivity contribution in [3.05, 3.63) is 11.4 Å². The van der Waals surface area contributed by atoms with Gasteiger partial charge in [-0.2, -0.15) is 0 Å². The molecular formula is C12H19NO2. The molecule has 2 rings (SSSR count). The molecule has 2 fully saturated rings. The Morgan fingerprint density at radius 3 is 2.20 bits per heavy atom. The Balaban J connectivity index is 1.98. The zero-order chi connectivity index (χ0) is 10.8. The third-order valence-corrected chi connectivity index (χ3v) is 3.71. The third kappa shape index (κ3) is 2.02. The molecule has 0 aromatic heterocycles. The minimum Gasteiger partial charge on any atom is -0.348 e. The summed E-state index contributed by atoms with van der Waals surface area (Å²) in [6, 6.07) is 0. The van der Waals surface area contributed by atoms with Gasteiger partial charge in [0.15, 0.2) is 5.79 Å². The molecule has 1 aliphatic heterocycles. The minimum absolute atomic E-state index is 0.116. The molecule has 0 amide bonds. The molecule has 15 heavy (non-hydrogen) atoms. The van der Waals surface area contributed by atoms with Crippen LogP contribution in [0.25, 0.3) is 4.85 Å². The highest BCUT2D eigenvalue weighted by molar-refractivity contribution is 5.03. The van der Waals surface area contributed by atoms with Crippen LogP contribution in [0.3, 0.4) is 0 Å². The van der Waals surface area contributed by atoms with E-state index in [2.05, 4.69) is 11.8 Å². The molecule has 1 saturated carbocycles. The molecule has 1 aliphatic carbocycles. The maximum atomic E-state index is 7.35. The van der Waals surface area contributed by atoms with Gasteiger partial charge >= 0.3 is 0 Å². The molecule has 0 aromatic carbocycles. The van der Waals surface area contributed by atoms with Gasteiger partial charge < -0.3 is 14.3 Å². The van der Waals surface area contributed by atoms with Crippen molar-refractivity contribution in [3.8, 4) is 0 Å². The van der Waals surface area contributed by atoms with Crippen molar-refractivity contribution < 1.29 is 9.47 Å². The summed E-state index contributed by atoms with van der Waals surface area (Å²) < 4.78 is 11.3. The number of nitrogens with zero attached hydrogens (tertiary/aromatic N) is 1. The van der Waals surface area contributed by atoms with E-state index in [9.17, 15) is 0 Å².